The van der Waals surface area contributed by atoms with Crippen molar-refractivity contribution in [3.05, 3.63) is 35.5 Å². The minimum absolute atomic E-state index is 0.0160. The lowest BCUT2D eigenvalue weighted by Gasteiger charge is -2.09. The van der Waals surface area contributed by atoms with Gasteiger partial charge in [-0.15, -0.1) is 0 Å². The molecule has 2 rings (SSSR count). The van der Waals surface area contributed by atoms with E-state index in [-0.39, 0.29) is 17.9 Å². The van der Waals surface area contributed by atoms with Gasteiger partial charge in [-0.05, 0) is 24.3 Å². The molecule has 0 bridgehead atoms. The highest BCUT2D eigenvalue weighted by Gasteiger charge is 2.19. The molecule has 0 fully saturated rings. The van der Waals surface area contributed by atoms with Crippen LogP contribution in [0.15, 0.2) is 30.0 Å². The Balaban J connectivity index is 2.45. The topological polar surface area (TPSA) is 75.6 Å². The molecule has 0 spiro atoms. The van der Waals surface area contributed by atoms with Crippen LogP contribution in [0.3, 0.4) is 0 Å². The molecule has 1 aromatic carbocycles. The van der Waals surface area contributed by atoms with E-state index >= 15 is 0 Å². The van der Waals surface area contributed by atoms with Gasteiger partial charge in [-0.2, -0.15) is 0 Å². The second kappa shape index (κ2) is 4.29. The molecule has 5 nitrogen and oxygen atoms in total. The first-order valence-corrected chi connectivity index (χ1v) is 5.03. The summed E-state index contributed by atoms with van der Waals surface area (Å²) in [5, 5.41) is 11.6. The van der Waals surface area contributed by atoms with Crippen LogP contribution in [-0.4, -0.2) is 24.0 Å². The average Bonchev–Trinajstić information content (AvgIpc) is 2.49. The molecule has 17 heavy (non-hydrogen) atoms. The van der Waals surface area contributed by atoms with Crippen LogP contribution in [0.25, 0.3) is 0 Å². The molecule has 2 N–H and O–H groups in total. The summed E-state index contributed by atoms with van der Waals surface area (Å²) < 4.78 is 5.03. The van der Waals surface area contributed by atoms with Gasteiger partial charge < -0.3 is 15.2 Å². The summed E-state index contributed by atoms with van der Waals surface area (Å²) in [4.78, 5) is 22.7. The number of Topliss-reactive ketones (excluding diaryl/α,β-unsaturated/α-hetero) is 1. The number of hydrogen-bond donors (Lipinski definition) is 2. The van der Waals surface area contributed by atoms with E-state index in [1.54, 1.807) is 18.2 Å². The van der Waals surface area contributed by atoms with E-state index in [9.17, 15) is 9.59 Å². The number of rotatable bonds is 2. The van der Waals surface area contributed by atoms with Gasteiger partial charge in [0.1, 0.15) is 11.4 Å². The Labute approximate surface area is 97.7 Å². The minimum Gasteiger partial charge on any atom is -0.497 e. The van der Waals surface area contributed by atoms with Gasteiger partial charge in [0.15, 0.2) is 5.78 Å². The standard InChI is InChI=1S/C12H11NO4/c1-17-7-2-3-9-8(6-7)11(14)5-4-10(13-9)12(15)16/h2-4,6,13H,5H2,1H3,(H,15,16). The highest BCUT2D eigenvalue weighted by atomic mass is 16.5. The Morgan fingerprint density at radius 2 is 2.24 bits per heavy atom. The molecule has 88 valence electrons. The molecule has 0 aromatic heterocycles. The van der Waals surface area contributed by atoms with Gasteiger partial charge >= 0.3 is 5.97 Å². The van der Waals surface area contributed by atoms with Crippen molar-refractivity contribution in [1.29, 1.82) is 0 Å². The van der Waals surface area contributed by atoms with E-state index in [1.165, 1.54) is 13.2 Å². The molecule has 1 aliphatic rings. The smallest absolute Gasteiger partial charge is 0.351 e. The molecule has 1 aromatic rings. The summed E-state index contributed by atoms with van der Waals surface area (Å²) in [5.41, 5.74) is 0.945. The fourth-order valence-corrected chi connectivity index (χ4v) is 1.63. The number of carboxylic acids is 1. The predicted molar refractivity (Wildman–Crippen MR) is 61.3 cm³/mol. The number of ether oxygens (including phenoxy) is 1. The second-order valence-electron chi connectivity index (χ2n) is 3.59. The normalized spacial score (nSPS) is 14.2. The van der Waals surface area contributed by atoms with Gasteiger partial charge in [-0.1, -0.05) is 0 Å². The van der Waals surface area contributed by atoms with Crippen LogP contribution in [-0.2, 0) is 4.79 Å². The Bertz CT molecular complexity index is 519. The Kier molecular flexibility index (Phi) is 2.82. The maximum atomic E-state index is 11.8. The van der Waals surface area contributed by atoms with Crippen LogP contribution in [0.5, 0.6) is 5.75 Å². The van der Waals surface area contributed by atoms with Crippen molar-refractivity contribution in [3.63, 3.8) is 0 Å². The molecule has 0 saturated carbocycles. The zero-order valence-electron chi connectivity index (χ0n) is 9.19. The van der Waals surface area contributed by atoms with Crippen molar-refractivity contribution in [2.45, 2.75) is 6.42 Å². The molecule has 1 heterocycles. The van der Waals surface area contributed by atoms with Crippen LogP contribution < -0.4 is 10.1 Å². The number of carboxylic acid groups (broad SMARTS) is 1. The molecular weight excluding hydrogens is 222 g/mol. The lowest BCUT2D eigenvalue weighted by molar-refractivity contribution is -0.132. The van der Waals surface area contributed by atoms with Crippen molar-refractivity contribution in [2.24, 2.45) is 0 Å². The molecule has 0 atom stereocenters. The van der Waals surface area contributed by atoms with Crippen molar-refractivity contribution < 1.29 is 19.4 Å². The van der Waals surface area contributed by atoms with E-state index < -0.39 is 5.97 Å². The molecule has 0 radical (unpaired) electrons. The third kappa shape index (κ3) is 2.13. The predicted octanol–water partition coefficient (Wildman–Crippen LogP) is 1.66. The van der Waals surface area contributed by atoms with Crippen LogP contribution in [0.1, 0.15) is 16.8 Å². The maximum absolute atomic E-state index is 11.8. The zero-order chi connectivity index (χ0) is 12.4. The Hall–Kier alpha value is -2.30. The van der Waals surface area contributed by atoms with E-state index in [1.807, 2.05) is 0 Å². The second-order valence-corrected chi connectivity index (χ2v) is 3.59. The summed E-state index contributed by atoms with van der Waals surface area (Å²) in [6.07, 6.45) is 1.44. The van der Waals surface area contributed by atoms with Crippen molar-refractivity contribution >= 4 is 17.4 Å². The lowest BCUT2D eigenvalue weighted by Crippen LogP contribution is -2.10. The van der Waals surface area contributed by atoms with E-state index in [4.69, 9.17) is 9.84 Å². The fourth-order valence-electron chi connectivity index (χ4n) is 1.63. The SMILES string of the molecule is COc1ccc2c(c1)C(=O)CC=C(C(=O)O)N2. The van der Waals surface area contributed by atoms with E-state index in [0.717, 1.165) is 0 Å². The maximum Gasteiger partial charge on any atom is 0.351 e. The Morgan fingerprint density at radius 3 is 2.88 bits per heavy atom. The number of benzene rings is 1. The van der Waals surface area contributed by atoms with Gasteiger partial charge in [-0.25, -0.2) is 4.79 Å². The van der Waals surface area contributed by atoms with Crippen molar-refractivity contribution in [3.8, 4) is 5.75 Å². The zero-order valence-corrected chi connectivity index (χ0v) is 9.19. The summed E-state index contributed by atoms with van der Waals surface area (Å²) in [6.45, 7) is 0. The first kappa shape index (κ1) is 11.2. The number of nitrogens with one attached hydrogen (secondary N) is 1. The number of ketones is 1. The number of allylic oxidation sites excluding steroid dienone is 1. The highest BCUT2D eigenvalue weighted by molar-refractivity contribution is 6.06. The molecule has 5 heteroatoms. The summed E-state index contributed by atoms with van der Waals surface area (Å²) in [7, 11) is 1.51. The molecule has 0 amide bonds. The van der Waals surface area contributed by atoms with Gasteiger partial charge in [0.25, 0.3) is 0 Å². The largest absolute Gasteiger partial charge is 0.497 e. The lowest BCUT2D eigenvalue weighted by atomic mass is 10.1. The van der Waals surface area contributed by atoms with Gasteiger partial charge in [0.05, 0.1) is 7.11 Å². The number of methoxy groups -OCH3 is 1. The monoisotopic (exact) mass is 233 g/mol. The molecule has 1 aliphatic heterocycles. The summed E-state index contributed by atoms with van der Waals surface area (Å²) >= 11 is 0. The van der Waals surface area contributed by atoms with Crippen LogP contribution in [0.2, 0.25) is 0 Å². The van der Waals surface area contributed by atoms with Gasteiger partial charge in [0, 0.05) is 17.7 Å². The summed E-state index contributed by atoms with van der Waals surface area (Å²) in [5.74, 6) is -0.651. The van der Waals surface area contributed by atoms with Crippen molar-refractivity contribution in [1.82, 2.24) is 0 Å². The van der Waals surface area contributed by atoms with Crippen molar-refractivity contribution in [2.75, 3.05) is 12.4 Å². The molecular formula is C12H11NO4. The van der Waals surface area contributed by atoms with Crippen LogP contribution in [0, 0.1) is 0 Å². The van der Waals surface area contributed by atoms with Gasteiger partial charge in [0.2, 0.25) is 0 Å². The number of carbonyl (C=O) groups excluding carboxylic acids is 1. The third-order valence-electron chi connectivity index (χ3n) is 2.52. The number of anilines is 1. The Morgan fingerprint density at radius 1 is 1.47 bits per heavy atom. The minimum atomic E-state index is -1.08. The molecule has 0 aliphatic carbocycles. The number of fused-ring (bicyclic) bond motifs is 1. The van der Waals surface area contributed by atoms with E-state index in [2.05, 4.69) is 5.32 Å². The molecule has 0 unspecified atom stereocenters. The fraction of sp³-hybridized carbons (Fsp3) is 0.167. The first-order chi connectivity index (χ1) is 8.11. The first-order valence-electron chi connectivity index (χ1n) is 5.03. The molecule has 0 saturated heterocycles. The summed E-state index contributed by atoms with van der Waals surface area (Å²) in [6, 6.07) is 4.90. The van der Waals surface area contributed by atoms with Gasteiger partial charge in [-0.3, -0.25) is 4.79 Å². The number of carbonyl (C=O) groups is 2. The average molecular weight is 233 g/mol. The number of aliphatic carboxylic acids is 1. The number of hydrogen-bond acceptors (Lipinski definition) is 4. The quantitative estimate of drug-likeness (QED) is 0.812. The highest BCUT2D eigenvalue weighted by Crippen LogP contribution is 2.27. The van der Waals surface area contributed by atoms with Crippen LogP contribution in [0.4, 0.5) is 5.69 Å². The third-order valence-corrected chi connectivity index (χ3v) is 2.52. The van der Waals surface area contributed by atoms with Crippen LogP contribution >= 0.6 is 0 Å². The van der Waals surface area contributed by atoms with E-state index in [0.29, 0.717) is 17.0 Å².